The summed E-state index contributed by atoms with van der Waals surface area (Å²) in [7, 11) is -3.52. The second-order valence-electron chi connectivity index (χ2n) is 14.8. The van der Waals surface area contributed by atoms with Crippen LogP contribution in [0, 0.1) is 0 Å². The molecule has 0 saturated carbocycles. The lowest BCUT2D eigenvalue weighted by Gasteiger charge is -2.19. The molecule has 0 aliphatic rings. The summed E-state index contributed by atoms with van der Waals surface area (Å²) in [5.41, 5.74) is 1.47. The third-order valence-electron chi connectivity index (χ3n) is 9.00. The predicted molar refractivity (Wildman–Crippen MR) is 245 cm³/mol. The van der Waals surface area contributed by atoms with E-state index in [1.165, 1.54) is 38.5 Å². The first kappa shape index (κ1) is 57.6. The third-order valence-corrected chi connectivity index (χ3v) is 9.99. The highest BCUT2D eigenvalue weighted by atomic mass is 31.2. The van der Waals surface area contributed by atoms with Gasteiger partial charge < -0.3 is 57.9 Å². The molecule has 0 fully saturated rings. The van der Waals surface area contributed by atoms with Crippen molar-refractivity contribution in [2.24, 2.45) is 15.9 Å². The number of aliphatic imine (C=N–C) groups is 1. The zero-order valence-corrected chi connectivity index (χ0v) is 39.7. The normalized spacial score (nSPS) is 13.0. The molecule has 15 nitrogen and oxygen atoms in total. The molecule has 0 aliphatic heterocycles. The Morgan fingerprint density at radius 2 is 0.919 bits per heavy atom. The minimum atomic E-state index is -3.52. The second-order valence-corrected chi connectivity index (χ2v) is 17.2. The van der Waals surface area contributed by atoms with Gasteiger partial charge in [0.2, 0.25) is 13.2 Å². The summed E-state index contributed by atoms with van der Waals surface area (Å²) in [5, 5.41) is 3.85. The first-order chi connectivity index (χ1) is 30.3. The predicted octanol–water partition coefficient (Wildman–Crippen LogP) is 8.46. The SMILES string of the molecule is CCCCCCOc1cc(CN=CC(COCCOCCOCCOCCOCCOCCOCCOCCP(C)(=O)F)=NN)cc(OCCCCCC)c1OCCCCCC. The lowest BCUT2D eigenvalue weighted by atomic mass is 10.1. The summed E-state index contributed by atoms with van der Waals surface area (Å²) >= 11 is 0. The molecule has 0 saturated heterocycles. The lowest BCUT2D eigenvalue weighted by Crippen LogP contribution is -2.17. The highest BCUT2D eigenvalue weighted by Crippen LogP contribution is 2.42. The Morgan fingerprint density at radius 3 is 1.29 bits per heavy atom. The van der Waals surface area contributed by atoms with Crippen molar-refractivity contribution in [3.8, 4) is 17.2 Å². The monoisotopic (exact) mass is 908 g/mol. The van der Waals surface area contributed by atoms with Crippen molar-refractivity contribution in [1.82, 2.24) is 0 Å². The van der Waals surface area contributed by atoms with Crippen LogP contribution in [-0.4, -0.2) is 150 Å². The lowest BCUT2D eigenvalue weighted by molar-refractivity contribution is -0.0221. The maximum Gasteiger partial charge on any atom is 0.243 e. The fourth-order valence-electron chi connectivity index (χ4n) is 5.51. The summed E-state index contributed by atoms with van der Waals surface area (Å²) in [6, 6.07) is 4.02. The van der Waals surface area contributed by atoms with E-state index in [1.54, 1.807) is 6.21 Å². The standard InChI is InChI=1S/C45H83FN3O12P/c1-5-8-11-14-17-59-43-36-41(37-44(60-18-15-12-9-6-2)45(43)61-19-16-13-10-7-3)38-48-39-42(49-47)40-58-33-32-56-29-28-54-25-24-52-21-20-51-22-23-53-26-27-55-30-31-57-34-35-62(4,46)50/h36-37,39H,5-35,38,40,47H2,1-4H3. The van der Waals surface area contributed by atoms with E-state index in [9.17, 15) is 8.76 Å². The van der Waals surface area contributed by atoms with E-state index in [0.717, 1.165) is 50.8 Å². The Labute approximate surface area is 373 Å². The molecule has 2 N–H and O–H groups in total. The van der Waals surface area contributed by atoms with Gasteiger partial charge in [-0.05, 0) is 37.0 Å². The van der Waals surface area contributed by atoms with Crippen molar-refractivity contribution in [1.29, 1.82) is 0 Å². The highest BCUT2D eigenvalue weighted by molar-refractivity contribution is 7.57. The van der Waals surface area contributed by atoms with Crippen LogP contribution in [0.15, 0.2) is 22.2 Å². The van der Waals surface area contributed by atoms with Gasteiger partial charge in [0.1, 0.15) is 5.71 Å². The average molecular weight is 908 g/mol. The van der Waals surface area contributed by atoms with Gasteiger partial charge in [0, 0.05) is 12.9 Å². The molecule has 1 rings (SSSR count). The maximum atomic E-state index is 12.9. The molecule has 62 heavy (non-hydrogen) atoms. The van der Waals surface area contributed by atoms with Gasteiger partial charge in [-0.1, -0.05) is 78.6 Å². The van der Waals surface area contributed by atoms with E-state index in [0.29, 0.717) is 142 Å². The number of hydrogen-bond donors (Lipinski definition) is 1. The highest BCUT2D eigenvalue weighted by Gasteiger charge is 2.16. The average Bonchev–Trinajstić information content (AvgIpc) is 3.25. The van der Waals surface area contributed by atoms with Gasteiger partial charge in [-0.15, -0.1) is 0 Å². The van der Waals surface area contributed by atoms with Crippen molar-refractivity contribution in [3.05, 3.63) is 17.7 Å². The van der Waals surface area contributed by atoms with Crippen molar-refractivity contribution in [2.75, 3.05) is 138 Å². The van der Waals surface area contributed by atoms with Gasteiger partial charge in [0.25, 0.3) is 0 Å². The fraction of sp³-hybridized carbons (Fsp3) is 0.822. The third kappa shape index (κ3) is 36.0. The molecule has 362 valence electrons. The number of benzene rings is 1. The van der Waals surface area contributed by atoms with Crippen LogP contribution in [-0.2, 0) is 49.0 Å². The Balaban J connectivity index is 2.28. The summed E-state index contributed by atoms with van der Waals surface area (Å²) in [5.74, 6) is 7.74. The molecule has 17 heteroatoms. The van der Waals surface area contributed by atoms with Gasteiger partial charge in [-0.25, -0.2) is 0 Å². The molecule has 0 heterocycles. The summed E-state index contributed by atoms with van der Waals surface area (Å²) in [6.45, 7) is 16.2. The first-order valence-corrected chi connectivity index (χ1v) is 25.3. The van der Waals surface area contributed by atoms with Crippen LogP contribution in [0.2, 0.25) is 0 Å². The number of nitrogens with zero attached hydrogens (tertiary/aromatic N) is 2. The number of nitrogens with two attached hydrogens (primary N) is 1. The van der Waals surface area contributed by atoms with Crippen LogP contribution in [0.25, 0.3) is 0 Å². The van der Waals surface area contributed by atoms with Crippen LogP contribution in [0.1, 0.15) is 103 Å². The molecule has 0 aliphatic carbocycles. The smallest absolute Gasteiger partial charge is 0.243 e. The molecular weight excluding hydrogens is 824 g/mol. The Morgan fingerprint density at radius 1 is 0.548 bits per heavy atom. The van der Waals surface area contributed by atoms with Gasteiger partial charge in [0.05, 0.1) is 138 Å². The maximum absolute atomic E-state index is 12.9. The van der Waals surface area contributed by atoms with Gasteiger partial charge in [-0.3, -0.25) is 9.56 Å². The van der Waals surface area contributed by atoms with Crippen LogP contribution in [0.4, 0.5) is 4.20 Å². The second kappa shape index (κ2) is 42.5. The summed E-state index contributed by atoms with van der Waals surface area (Å²) in [6.07, 6.45) is 15.0. The fourth-order valence-corrected chi connectivity index (χ4v) is 5.97. The molecule has 1 aromatic rings. The first-order valence-electron chi connectivity index (χ1n) is 23.0. The van der Waals surface area contributed by atoms with E-state index in [4.69, 9.17) is 57.9 Å². The van der Waals surface area contributed by atoms with E-state index in [2.05, 4.69) is 30.9 Å². The summed E-state index contributed by atoms with van der Waals surface area (Å²) < 4.78 is 86.7. The molecular formula is C45H83FN3O12P. The van der Waals surface area contributed by atoms with Crippen molar-refractivity contribution in [3.63, 3.8) is 0 Å². The van der Waals surface area contributed by atoms with Crippen LogP contribution in [0.3, 0.4) is 0 Å². The Hall–Kier alpha value is -2.40. The number of unbranched alkanes of at least 4 members (excludes halogenated alkanes) is 9. The molecule has 0 spiro atoms. The topological polar surface area (TPSA) is 169 Å². The molecule has 1 aromatic carbocycles. The van der Waals surface area contributed by atoms with Gasteiger partial charge in [-0.2, -0.15) is 9.30 Å². The minimum Gasteiger partial charge on any atom is -0.490 e. The number of ether oxygens (including phenoxy) is 11. The molecule has 1 unspecified atom stereocenters. The number of rotatable bonds is 47. The van der Waals surface area contributed by atoms with Crippen LogP contribution >= 0.6 is 7.45 Å². The van der Waals surface area contributed by atoms with E-state index in [-0.39, 0.29) is 19.4 Å². The quantitative estimate of drug-likeness (QED) is 0.0218. The molecule has 0 aromatic heterocycles. The van der Waals surface area contributed by atoms with Gasteiger partial charge >= 0.3 is 0 Å². The van der Waals surface area contributed by atoms with Crippen LogP contribution < -0.4 is 20.1 Å². The van der Waals surface area contributed by atoms with E-state index in [1.807, 2.05) is 12.1 Å². The van der Waals surface area contributed by atoms with Crippen LogP contribution in [0.5, 0.6) is 17.2 Å². The van der Waals surface area contributed by atoms with Crippen molar-refractivity contribution < 1.29 is 60.9 Å². The van der Waals surface area contributed by atoms with Gasteiger partial charge in [0.15, 0.2) is 11.5 Å². The Bertz CT molecular complexity index is 1240. The minimum absolute atomic E-state index is 0.0709. The largest absolute Gasteiger partial charge is 0.490 e. The molecule has 0 radical (unpaired) electrons. The number of hydrogen-bond acceptors (Lipinski definition) is 15. The Kier molecular flexibility index (Phi) is 39.5. The molecule has 0 bridgehead atoms. The zero-order chi connectivity index (χ0) is 45.0. The van der Waals surface area contributed by atoms with E-state index < -0.39 is 7.45 Å². The van der Waals surface area contributed by atoms with Crippen molar-refractivity contribution in [2.45, 2.75) is 104 Å². The van der Waals surface area contributed by atoms with Crippen molar-refractivity contribution >= 4 is 19.4 Å². The molecule has 0 amide bonds. The number of hydrazone groups is 1. The summed E-state index contributed by atoms with van der Waals surface area (Å²) in [4.78, 5) is 4.62. The molecule has 1 atom stereocenters. The zero-order valence-electron chi connectivity index (χ0n) is 38.8. The number of halogens is 1. The van der Waals surface area contributed by atoms with E-state index >= 15 is 0 Å².